The first-order valence-corrected chi connectivity index (χ1v) is 12.1. The van der Waals surface area contributed by atoms with Crippen LogP contribution in [0.25, 0.3) is 0 Å². The van der Waals surface area contributed by atoms with Crippen molar-refractivity contribution in [2.24, 2.45) is 5.10 Å². The van der Waals surface area contributed by atoms with Gasteiger partial charge < -0.3 is 4.74 Å². The molecule has 1 heterocycles. The number of benzene rings is 3. The van der Waals surface area contributed by atoms with Gasteiger partial charge in [-0.25, -0.2) is 13.8 Å². The van der Waals surface area contributed by atoms with Crippen LogP contribution in [0.4, 0.5) is 5.69 Å². The number of methoxy groups -OCH3 is 1. The molecule has 0 saturated carbocycles. The van der Waals surface area contributed by atoms with E-state index in [1.807, 2.05) is 36.4 Å². The van der Waals surface area contributed by atoms with Crippen LogP contribution in [0.5, 0.6) is 5.75 Å². The van der Waals surface area contributed by atoms with Gasteiger partial charge in [0.25, 0.3) is 15.9 Å². The van der Waals surface area contributed by atoms with E-state index in [0.29, 0.717) is 22.8 Å². The summed E-state index contributed by atoms with van der Waals surface area (Å²) in [5.41, 5.74) is 4.85. The highest BCUT2D eigenvalue weighted by Gasteiger charge is 2.17. The summed E-state index contributed by atoms with van der Waals surface area (Å²) >= 11 is 0. The van der Waals surface area contributed by atoms with Crippen molar-refractivity contribution in [2.45, 2.75) is 4.90 Å². The molecule has 0 aliphatic rings. The standard InChI is InChI=1S/C26H22N4O4S/c1-34-22-15-13-21(14-16-22)30-35(32,33)23-11-7-10-20(18-23)26(31)29-28-25(19-8-3-2-4-9-19)24-12-5-6-17-27-24/h2-18,30H,1H3,(H,29,31). The first-order valence-electron chi connectivity index (χ1n) is 10.6. The normalized spacial score (nSPS) is 11.5. The number of aromatic nitrogens is 1. The molecule has 0 radical (unpaired) electrons. The molecule has 3 aromatic carbocycles. The van der Waals surface area contributed by atoms with Gasteiger partial charge >= 0.3 is 0 Å². The van der Waals surface area contributed by atoms with Gasteiger partial charge in [-0.1, -0.05) is 42.5 Å². The number of ether oxygens (including phenoxy) is 1. The Balaban J connectivity index is 1.56. The lowest BCUT2D eigenvalue weighted by atomic mass is 10.1. The Morgan fingerprint density at radius 3 is 2.26 bits per heavy atom. The highest BCUT2D eigenvalue weighted by molar-refractivity contribution is 7.92. The topological polar surface area (TPSA) is 110 Å². The number of hydrogen-bond donors (Lipinski definition) is 2. The van der Waals surface area contributed by atoms with Crippen LogP contribution in [-0.2, 0) is 10.0 Å². The van der Waals surface area contributed by atoms with Crippen LogP contribution in [-0.4, -0.2) is 32.1 Å². The summed E-state index contributed by atoms with van der Waals surface area (Å²) < 4.78 is 33.3. The van der Waals surface area contributed by atoms with Gasteiger partial charge in [0.1, 0.15) is 11.5 Å². The number of hydrazone groups is 1. The molecule has 0 fully saturated rings. The summed E-state index contributed by atoms with van der Waals surface area (Å²) in [6, 6.07) is 26.9. The number of hydrogen-bond acceptors (Lipinski definition) is 6. The van der Waals surface area contributed by atoms with E-state index in [0.717, 1.165) is 5.56 Å². The molecule has 35 heavy (non-hydrogen) atoms. The molecule has 4 aromatic rings. The summed E-state index contributed by atoms with van der Waals surface area (Å²) in [5, 5.41) is 4.29. The lowest BCUT2D eigenvalue weighted by molar-refractivity contribution is 0.0954. The molecule has 1 amide bonds. The molecule has 9 heteroatoms. The Morgan fingerprint density at radius 2 is 1.57 bits per heavy atom. The fourth-order valence-corrected chi connectivity index (χ4v) is 4.32. The number of rotatable bonds is 8. The van der Waals surface area contributed by atoms with Crippen LogP contribution in [0.2, 0.25) is 0 Å². The second-order valence-electron chi connectivity index (χ2n) is 7.34. The molecule has 0 spiro atoms. The summed E-state index contributed by atoms with van der Waals surface area (Å²) in [7, 11) is -2.40. The van der Waals surface area contributed by atoms with E-state index in [1.165, 1.54) is 31.4 Å². The zero-order valence-corrected chi connectivity index (χ0v) is 19.6. The maximum atomic E-state index is 12.9. The number of anilines is 1. The number of sulfonamides is 1. The van der Waals surface area contributed by atoms with Crippen molar-refractivity contribution in [2.75, 3.05) is 11.8 Å². The molecule has 1 aromatic heterocycles. The summed E-state index contributed by atoms with van der Waals surface area (Å²) in [5.74, 6) is 0.0450. The Kier molecular flexibility index (Phi) is 7.18. The third-order valence-electron chi connectivity index (χ3n) is 4.97. The Hall–Kier alpha value is -4.50. The lowest BCUT2D eigenvalue weighted by Crippen LogP contribution is -2.21. The monoisotopic (exact) mass is 486 g/mol. The predicted octanol–water partition coefficient (Wildman–Crippen LogP) is 4.07. The SMILES string of the molecule is COc1ccc(NS(=O)(=O)c2cccc(C(=O)NN=C(c3ccccc3)c3ccccn3)c2)cc1. The molecule has 0 aliphatic carbocycles. The van der Waals surface area contributed by atoms with Crippen molar-refractivity contribution in [3.8, 4) is 5.75 Å². The first-order chi connectivity index (χ1) is 17.0. The first kappa shape index (κ1) is 23.7. The van der Waals surface area contributed by atoms with E-state index in [1.54, 1.807) is 42.6 Å². The van der Waals surface area contributed by atoms with Crippen molar-refractivity contribution in [1.29, 1.82) is 0 Å². The zero-order valence-electron chi connectivity index (χ0n) is 18.8. The molecule has 8 nitrogen and oxygen atoms in total. The second kappa shape index (κ2) is 10.6. The Bertz CT molecular complexity index is 1400. The van der Waals surface area contributed by atoms with Gasteiger partial charge in [-0.05, 0) is 54.6 Å². The summed E-state index contributed by atoms with van der Waals surface area (Å²) in [6.45, 7) is 0. The number of pyridine rings is 1. The maximum Gasteiger partial charge on any atom is 0.271 e. The van der Waals surface area contributed by atoms with Gasteiger partial charge in [0, 0.05) is 23.0 Å². The number of carbonyl (C=O) groups is 1. The van der Waals surface area contributed by atoms with Crippen molar-refractivity contribution < 1.29 is 17.9 Å². The minimum Gasteiger partial charge on any atom is -0.497 e. The molecular formula is C26H22N4O4S. The molecule has 4 rings (SSSR count). The fraction of sp³-hybridized carbons (Fsp3) is 0.0385. The van der Waals surface area contributed by atoms with E-state index in [2.05, 4.69) is 20.2 Å². The Labute approximate surface area is 203 Å². The average molecular weight is 487 g/mol. The van der Waals surface area contributed by atoms with E-state index >= 15 is 0 Å². The van der Waals surface area contributed by atoms with E-state index < -0.39 is 15.9 Å². The number of carbonyl (C=O) groups excluding carboxylic acids is 1. The molecule has 0 unspecified atom stereocenters. The third kappa shape index (κ3) is 5.90. The van der Waals surface area contributed by atoms with Crippen LogP contribution >= 0.6 is 0 Å². The largest absolute Gasteiger partial charge is 0.497 e. The van der Waals surface area contributed by atoms with Crippen LogP contribution in [0.1, 0.15) is 21.6 Å². The van der Waals surface area contributed by atoms with Crippen LogP contribution < -0.4 is 14.9 Å². The summed E-state index contributed by atoms with van der Waals surface area (Å²) in [6.07, 6.45) is 1.64. The van der Waals surface area contributed by atoms with Gasteiger partial charge in [0.05, 0.1) is 17.7 Å². The van der Waals surface area contributed by atoms with E-state index in [9.17, 15) is 13.2 Å². The molecule has 0 saturated heterocycles. The average Bonchev–Trinajstić information content (AvgIpc) is 2.90. The molecule has 0 atom stereocenters. The second-order valence-corrected chi connectivity index (χ2v) is 9.03. The van der Waals surface area contributed by atoms with Crippen molar-refractivity contribution >= 4 is 27.3 Å². The quantitative estimate of drug-likeness (QED) is 0.288. The maximum absolute atomic E-state index is 12.9. The van der Waals surface area contributed by atoms with Gasteiger partial charge in [-0.15, -0.1) is 0 Å². The van der Waals surface area contributed by atoms with Crippen molar-refractivity contribution in [3.63, 3.8) is 0 Å². The highest BCUT2D eigenvalue weighted by Crippen LogP contribution is 2.20. The molecule has 2 N–H and O–H groups in total. The van der Waals surface area contributed by atoms with Gasteiger partial charge in [-0.3, -0.25) is 14.5 Å². The highest BCUT2D eigenvalue weighted by atomic mass is 32.2. The molecule has 0 bridgehead atoms. The van der Waals surface area contributed by atoms with Crippen molar-refractivity contribution in [1.82, 2.24) is 10.4 Å². The van der Waals surface area contributed by atoms with Crippen LogP contribution in [0, 0.1) is 0 Å². The summed E-state index contributed by atoms with van der Waals surface area (Å²) in [4.78, 5) is 17.1. The number of nitrogens with one attached hydrogen (secondary N) is 2. The predicted molar refractivity (Wildman–Crippen MR) is 134 cm³/mol. The molecule has 176 valence electrons. The van der Waals surface area contributed by atoms with Crippen LogP contribution in [0.15, 0.2) is 113 Å². The molecular weight excluding hydrogens is 464 g/mol. The van der Waals surface area contributed by atoms with Crippen LogP contribution in [0.3, 0.4) is 0 Å². The third-order valence-corrected chi connectivity index (χ3v) is 6.35. The van der Waals surface area contributed by atoms with E-state index in [4.69, 9.17) is 4.74 Å². The van der Waals surface area contributed by atoms with Gasteiger partial charge in [0.2, 0.25) is 0 Å². The molecule has 0 aliphatic heterocycles. The van der Waals surface area contributed by atoms with E-state index in [-0.39, 0.29) is 10.5 Å². The number of amides is 1. The van der Waals surface area contributed by atoms with Gasteiger partial charge in [0.15, 0.2) is 0 Å². The fourth-order valence-electron chi connectivity index (χ4n) is 3.22. The minimum absolute atomic E-state index is 0.0574. The zero-order chi connectivity index (χ0) is 24.7. The minimum atomic E-state index is -3.92. The smallest absolute Gasteiger partial charge is 0.271 e. The Morgan fingerprint density at radius 1 is 0.857 bits per heavy atom. The van der Waals surface area contributed by atoms with Crippen molar-refractivity contribution in [3.05, 3.63) is 120 Å². The number of nitrogens with zero attached hydrogens (tertiary/aromatic N) is 2. The lowest BCUT2D eigenvalue weighted by Gasteiger charge is -2.10. The van der Waals surface area contributed by atoms with Gasteiger partial charge in [-0.2, -0.15) is 5.10 Å².